The number of amides is 1. The minimum Gasteiger partial charge on any atom is -0.341 e. The Morgan fingerprint density at radius 3 is 2.59 bits per heavy atom. The van der Waals surface area contributed by atoms with Gasteiger partial charge >= 0.3 is 0 Å². The van der Waals surface area contributed by atoms with Gasteiger partial charge in [-0.2, -0.15) is 0 Å². The van der Waals surface area contributed by atoms with Gasteiger partial charge in [0.05, 0.1) is 5.75 Å². The number of rotatable bonds is 5. The van der Waals surface area contributed by atoms with Crippen LogP contribution in [0.3, 0.4) is 0 Å². The van der Waals surface area contributed by atoms with Crippen LogP contribution in [-0.2, 0) is 14.6 Å². The molecule has 1 aliphatic rings. The average Bonchev–Trinajstić information content (AvgIpc) is 2.61. The molecule has 1 aliphatic heterocycles. The molecule has 1 fully saturated rings. The largest absolute Gasteiger partial charge is 0.341 e. The first-order valence-electron chi connectivity index (χ1n) is 6.00. The molecule has 0 spiro atoms. The molecule has 1 saturated heterocycles. The summed E-state index contributed by atoms with van der Waals surface area (Å²) in [6, 6.07) is 0. The fourth-order valence-corrected chi connectivity index (χ4v) is 3.39. The van der Waals surface area contributed by atoms with E-state index in [0.29, 0.717) is 26.1 Å². The Kier molecular flexibility index (Phi) is 4.55. The third kappa shape index (κ3) is 3.96. The molecule has 0 aromatic heterocycles. The molecule has 17 heavy (non-hydrogen) atoms. The lowest BCUT2D eigenvalue weighted by Gasteiger charge is -2.22. The highest BCUT2D eigenvalue weighted by atomic mass is 32.2. The number of carbonyl (C=O) groups excluding carboxylic acids is 1. The standard InChI is InChI=1S/C11H22N2O3S/c1-3-6-17(15,16)7-10(14)13-5-4-11(2,8-12)9-13/h3-9,12H2,1-2H3. The highest BCUT2D eigenvalue weighted by Crippen LogP contribution is 2.28. The topological polar surface area (TPSA) is 80.5 Å². The average molecular weight is 262 g/mol. The summed E-state index contributed by atoms with van der Waals surface area (Å²) in [7, 11) is -3.23. The molecule has 0 saturated carbocycles. The van der Waals surface area contributed by atoms with Gasteiger partial charge in [-0.3, -0.25) is 4.79 Å². The Morgan fingerprint density at radius 2 is 2.12 bits per heavy atom. The van der Waals surface area contributed by atoms with Gasteiger partial charge in [-0.05, 0) is 24.8 Å². The molecule has 0 aliphatic carbocycles. The van der Waals surface area contributed by atoms with Crippen molar-refractivity contribution in [2.45, 2.75) is 26.7 Å². The Bertz CT molecular complexity index is 380. The summed E-state index contributed by atoms with van der Waals surface area (Å²) >= 11 is 0. The molecular formula is C11H22N2O3S. The minimum absolute atomic E-state index is 0.0514. The Balaban J connectivity index is 2.56. The van der Waals surface area contributed by atoms with Crippen LogP contribution in [0.15, 0.2) is 0 Å². The fourth-order valence-electron chi connectivity index (χ4n) is 2.07. The summed E-state index contributed by atoms with van der Waals surface area (Å²) in [4.78, 5) is 13.5. The van der Waals surface area contributed by atoms with Crippen LogP contribution < -0.4 is 5.73 Å². The van der Waals surface area contributed by atoms with Gasteiger partial charge in [-0.15, -0.1) is 0 Å². The van der Waals surface area contributed by atoms with Gasteiger partial charge in [0.15, 0.2) is 9.84 Å². The van der Waals surface area contributed by atoms with Gasteiger partial charge in [0.1, 0.15) is 5.75 Å². The molecule has 1 atom stereocenters. The Morgan fingerprint density at radius 1 is 1.47 bits per heavy atom. The van der Waals surface area contributed by atoms with Crippen molar-refractivity contribution in [1.82, 2.24) is 4.90 Å². The van der Waals surface area contributed by atoms with E-state index in [4.69, 9.17) is 5.73 Å². The summed E-state index contributed by atoms with van der Waals surface area (Å²) in [5.74, 6) is -0.557. The van der Waals surface area contributed by atoms with Crippen molar-refractivity contribution in [2.24, 2.45) is 11.1 Å². The van der Waals surface area contributed by atoms with Gasteiger partial charge in [-0.1, -0.05) is 13.8 Å². The van der Waals surface area contributed by atoms with Crippen LogP contribution in [0.5, 0.6) is 0 Å². The molecule has 1 rings (SSSR count). The van der Waals surface area contributed by atoms with Crippen LogP contribution in [0.1, 0.15) is 26.7 Å². The minimum atomic E-state index is -3.23. The Hall–Kier alpha value is -0.620. The monoisotopic (exact) mass is 262 g/mol. The van der Waals surface area contributed by atoms with Crippen LogP contribution >= 0.6 is 0 Å². The predicted octanol–water partition coefficient (Wildman–Crippen LogP) is 0.00850. The van der Waals surface area contributed by atoms with E-state index in [9.17, 15) is 13.2 Å². The first-order chi connectivity index (χ1) is 7.82. The lowest BCUT2D eigenvalue weighted by atomic mass is 9.90. The van der Waals surface area contributed by atoms with Crippen LogP contribution in [0.25, 0.3) is 0 Å². The SMILES string of the molecule is CCCS(=O)(=O)CC(=O)N1CCC(C)(CN)C1. The number of hydrogen-bond acceptors (Lipinski definition) is 4. The van der Waals surface area contributed by atoms with Gasteiger partial charge in [0, 0.05) is 13.1 Å². The first-order valence-corrected chi connectivity index (χ1v) is 7.82. The quantitative estimate of drug-likeness (QED) is 0.756. The summed E-state index contributed by atoms with van der Waals surface area (Å²) in [5, 5.41) is 0. The number of nitrogens with two attached hydrogens (primary N) is 1. The molecular weight excluding hydrogens is 240 g/mol. The van der Waals surface area contributed by atoms with Crippen molar-refractivity contribution < 1.29 is 13.2 Å². The zero-order valence-electron chi connectivity index (χ0n) is 10.6. The van der Waals surface area contributed by atoms with Crippen molar-refractivity contribution in [1.29, 1.82) is 0 Å². The number of sulfone groups is 1. The van der Waals surface area contributed by atoms with Gasteiger partial charge < -0.3 is 10.6 Å². The third-order valence-corrected chi connectivity index (χ3v) is 4.98. The molecule has 0 aromatic carbocycles. The van der Waals surface area contributed by atoms with Crippen molar-refractivity contribution in [3.05, 3.63) is 0 Å². The molecule has 100 valence electrons. The summed E-state index contributed by atoms with van der Waals surface area (Å²) in [6.07, 6.45) is 1.40. The molecule has 0 aromatic rings. The first kappa shape index (κ1) is 14.4. The second-order valence-corrected chi connectivity index (χ2v) is 7.36. The van der Waals surface area contributed by atoms with E-state index in [1.165, 1.54) is 0 Å². The maximum absolute atomic E-state index is 11.8. The van der Waals surface area contributed by atoms with E-state index < -0.39 is 9.84 Å². The van der Waals surface area contributed by atoms with Crippen LogP contribution in [0.2, 0.25) is 0 Å². The van der Waals surface area contributed by atoms with Crippen LogP contribution in [-0.4, -0.2) is 50.4 Å². The molecule has 2 N–H and O–H groups in total. The zero-order valence-corrected chi connectivity index (χ0v) is 11.4. The maximum Gasteiger partial charge on any atom is 0.237 e. The molecule has 1 unspecified atom stereocenters. The third-order valence-electron chi connectivity index (χ3n) is 3.26. The molecule has 0 bridgehead atoms. The molecule has 0 radical (unpaired) electrons. The van der Waals surface area contributed by atoms with E-state index in [1.54, 1.807) is 11.8 Å². The number of likely N-dealkylation sites (tertiary alicyclic amines) is 1. The highest BCUT2D eigenvalue weighted by Gasteiger charge is 2.35. The highest BCUT2D eigenvalue weighted by molar-refractivity contribution is 7.92. The summed E-state index contributed by atoms with van der Waals surface area (Å²) in [5.41, 5.74) is 5.60. The van der Waals surface area contributed by atoms with E-state index in [-0.39, 0.29) is 22.8 Å². The lowest BCUT2D eigenvalue weighted by molar-refractivity contribution is -0.127. The van der Waals surface area contributed by atoms with Gasteiger partial charge in [0.2, 0.25) is 5.91 Å². The van der Waals surface area contributed by atoms with Crippen molar-refractivity contribution in [3.63, 3.8) is 0 Å². The molecule has 1 heterocycles. The van der Waals surface area contributed by atoms with Crippen molar-refractivity contribution in [3.8, 4) is 0 Å². The second-order valence-electron chi connectivity index (χ2n) is 5.17. The fraction of sp³-hybridized carbons (Fsp3) is 0.909. The summed E-state index contributed by atoms with van der Waals surface area (Å²) in [6.45, 7) is 5.54. The number of carbonyl (C=O) groups is 1. The van der Waals surface area contributed by atoms with Crippen LogP contribution in [0, 0.1) is 5.41 Å². The smallest absolute Gasteiger partial charge is 0.237 e. The van der Waals surface area contributed by atoms with E-state index >= 15 is 0 Å². The zero-order chi connectivity index (χ0) is 13.1. The van der Waals surface area contributed by atoms with Gasteiger partial charge in [0.25, 0.3) is 0 Å². The Labute approximate surface area is 103 Å². The molecule has 1 amide bonds. The lowest BCUT2D eigenvalue weighted by Crippen LogP contribution is -2.37. The van der Waals surface area contributed by atoms with Crippen molar-refractivity contribution >= 4 is 15.7 Å². The second kappa shape index (κ2) is 5.35. The predicted molar refractivity (Wildman–Crippen MR) is 67.3 cm³/mol. The summed E-state index contributed by atoms with van der Waals surface area (Å²) < 4.78 is 23.1. The normalized spacial score (nSPS) is 25.2. The van der Waals surface area contributed by atoms with Crippen LogP contribution in [0.4, 0.5) is 0 Å². The maximum atomic E-state index is 11.8. The van der Waals surface area contributed by atoms with Gasteiger partial charge in [-0.25, -0.2) is 8.42 Å². The molecule has 6 heteroatoms. The number of nitrogens with zero attached hydrogens (tertiary/aromatic N) is 1. The van der Waals surface area contributed by atoms with E-state index in [2.05, 4.69) is 0 Å². The van der Waals surface area contributed by atoms with E-state index in [1.807, 2.05) is 6.92 Å². The number of hydrogen-bond donors (Lipinski definition) is 1. The van der Waals surface area contributed by atoms with Crippen molar-refractivity contribution in [2.75, 3.05) is 31.1 Å². The molecule has 5 nitrogen and oxygen atoms in total. The van der Waals surface area contributed by atoms with E-state index in [0.717, 1.165) is 6.42 Å².